The van der Waals surface area contributed by atoms with Crippen LogP contribution in [0.2, 0.25) is 0 Å². The van der Waals surface area contributed by atoms with Gasteiger partial charge in [0, 0.05) is 18.7 Å². The number of amides is 1. The molecule has 5 rings (SSSR count). The van der Waals surface area contributed by atoms with E-state index >= 15 is 0 Å². The van der Waals surface area contributed by atoms with Gasteiger partial charge in [0.2, 0.25) is 5.91 Å². The Balaban J connectivity index is 1.30. The zero-order chi connectivity index (χ0) is 22.8. The minimum absolute atomic E-state index is 0.0699. The van der Waals surface area contributed by atoms with Gasteiger partial charge in [-0.15, -0.1) is 10.2 Å². The number of hydrogen-bond donors (Lipinski definition) is 0. The normalized spacial score (nSPS) is 17.4. The average Bonchev–Trinajstić information content (AvgIpc) is 3.50. The molecule has 7 nitrogen and oxygen atoms in total. The zero-order valence-corrected chi connectivity index (χ0v) is 19.8. The van der Waals surface area contributed by atoms with E-state index in [0.717, 1.165) is 65.1 Å². The van der Waals surface area contributed by atoms with Crippen molar-refractivity contribution in [3.05, 3.63) is 53.6 Å². The molecular weight excluding hydrogens is 436 g/mol. The number of aryl methyl sites for hydroxylation is 1. The Morgan fingerprint density at radius 2 is 1.94 bits per heavy atom. The maximum atomic E-state index is 13.2. The van der Waals surface area contributed by atoms with Crippen molar-refractivity contribution in [3.63, 3.8) is 0 Å². The molecule has 1 fully saturated rings. The van der Waals surface area contributed by atoms with Crippen LogP contribution in [0.3, 0.4) is 0 Å². The quantitative estimate of drug-likeness (QED) is 0.501. The number of carbonyl (C=O) groups excluding carboxylic acids is 1. The van der Waals surface area contributed by atoms with Crippen LogP contribution in [0.5, 0.6) is 11.5 Å². The first-order valence-electron chi connectivity index (χ1n) is 11.5. The maximum Gasteiger partial charge on any atom is 0.233 e. The van der Waals surface area contributed by atoms with Crippen LogP contribution < -0.4 is 9.47 Å². The SMILES string of the molecule is CCn1c(SCC(=O)N2CCC[C@@H]2c2ccc3c(c2)OCCO3)nnc1-c1ccccc1C. The number of fused-ring (bicyclic) bond motifs is 1. The number of ether oxygens (including phenoxy) is 2. The molecule has 8 heteroatoms. The Hall–Kier alpha value is -3.00. The average molecular weight is 465 g/mol. The Labute approximate surface area is 198 Å². The fraction of sp³-hybridized carbons (Fsp3) is 0.400. The minimum atomic E-state index is 0.0699. The lowest BCUT2D eigenvalue weighted by Gasteiger charge is -2.26. The third-order valence-corrected chi connectivity index (χ3v) is 7.22. The summed E-state index contributed by atoms with van der Waals surface area (Å²) in [5.74, 6) is 2.86. The van der Waals surface area contributed by atoms with Gasteiger partial charge in [-0.05, 0) is 49.9 Å². The largest absolute Gasteiger partial charge is 0.486 e. The predicted molar refractivity (Wildman–Crippen MR) is 128 cm³/mol. The van der Waals surface area contributed by atoms with E-state index in [2.05, 4.69) is 46.8 Å². The van der Waals surface area contributed by atoms with Crippen molar-refractivity contribution >= 4 is 17.7 Å². The number of likely N-dealkylation sites (tertiary alicyclic amines) is 1. The van der Waals surface area contributed by atoms with E-state index in [-0.39, 0.29) is 11.9 Å². The van der Waals surface area contributed by atoms with Crippen molar-refractivity contribution in [2.45, 2.75) is 44.4 Å². The van der Waals surface area contributed by atoms with Gasteiger partial charge in [-0.3, -0.25) is 4.79 Å². The van der Waals surface area contributed by atoms with Crippen LogP contribution in [0.25, 0.3) is 11.4 Å². The third kappa shape index (κ3) is 4.31. The Morgan fingerprint density at radius 3 is 2.76 bits per heavy atom. The molecule has 33 heavy (non-hydrogen) atoms. The fourth-order valence-electron chi connectivity index (χ4n) is 4.59. The monoisotopic (exact) mass is 464 g/mol. The van der Waals surface area contributed by atoms with E-state index < -0.39 is 0 Å². The highest BCUT2D eigenvalue weighted by molar-refractivity contribution is 7.99. The molecule has 1 aromatic heterocycles. The lowest BCUT2D eigenvalue weighted by atomic mass is 10.0. The number of benzene rings is 2. The molecular formula is C25H28N4O3S. The number of nitrogens with zero attached hydrogens (tertiary/aromatic N) is 4. The predicted octanol–water partition coefficient (Wildman–Crippen LogP) is 4.50. The summed E-state index contributed by atoms with van der Waals surface area (Å²) in [6.07, 6.45) is 1.96. The minimum Gasteiger partial charge on any atom is -0.486 e. The molecule has 0 radical (unpaired) electrons. The highest BCUT2D eigenvalue weighted by atomic mass is 32.2. The van der Waals surface area contributed by atoms with Crippen LogP contribution in [0.4, 0.5) is 0 Å². The van der Waals surface area contributed by atoms with Crippen molar-refractivity contribution in [1.29, 1.82) is 0 Å². The molecule has 2 aliphatic rings. The third-order valence-electron chi connectivity index (χ3n) is 6.27. The first kappa shape index (κ1) is 21.8. The molecule has 2 aromatic carbocycles. The molecule has 2 aliphatic heterocycles. The molecule has 0 N–H and O–H groups in total. The maximum absolute atomic E-state index is 13.2. The highest BCUT2D eigenvalue weighted by Crippen LogP contribution is 2.38. The Kier molecular flexibility index (Phi) is 6.26. The second kappa shape index (κ2) is 9.47. The van der Waals surface area contributed by atoms with Gasteiger partial charge in [-0.25, -0.2) is 0 Å². The smallest absolute Gasteiger partial charge is 0.233 e. The van der Waals surface area contributed by atoms with Gasteiger partial charge in [0.05, 0.1) is 11.8 Å². The van der Waals surface area contributed by atoms with Gasteiger partial charge < -0.3 is 18.9 Å². The van der Waals surface area contributed by atoms with Crippen molar-refractivity contribution in [3.8, 4) is 22.9 Å². The second-order valence-corrected chi connectivity index (χ2v) is 9.24. The molecule has 0 bridgehead atoms. The standard InChI is InChI=1S/C25H28N4O3S/c1-3-28-24(19-8-5-4-7-17(19)2)26-27-25(28)33-16-23(30)29-12-6-9-20(29)18-10-11-21-22(15-18)32-14-13-31-21/h4-5,7-8,10-11,15,20H,3,6,9,12-14,16H2,1-2H3/t20-/m1/s1. The Bertz CT molecular complexity index is 1160. The van der Waals surface area contributed by atoms with E-state index in [1.165, 1.54) is 11.8 Å². The summed E-state index contributed by atoms with van der Waals surface area (Å²) in [4.78, 5) is 15.2. The van der Waals surface area contributed by atoms with Gasteiger partial charge in [0.1, 0.15) is 13.2 Å². The van der Waals surface area contributed by atoms with Crippen LogP contribution in [0, 0.1) is 6.92 Å². The Morgan fingerprint density at radius 1 is 1.12 bits per heavy atom. The van der Waals surface area contributed by atoms with Gasteiger partial charge in [-0.2, -0.15) is 0 Å². The van der Waals surface area contributed by atoms with Crippen LogP contribution in [0.1, 0.15) is 36.9 Å². The lowest BCUT2D eigenvalue weighted by molar-refractivity contribution is -0.129. The van der Waals surface area contributed by atoms with Gasteiger partial charge in [-0.1, -0.05) is 42.1 Å². The van der Waals surface area contributed by atoms with Crippen LogP contribution in [-0.2, 0) is 11.3 Å². The van der Waals surface area contributed by atoms with Crippen molar-refractivity contribution in [2.24, 2.45) is 0 Å². The van der Waals surface area contributed by atoms with Crippen LogP contribution in [-0.4, -0.2) is 51.1 Å². The summed E-state index contributed by atoms with van der Waals surface area (Å²) < 4.78 is 13.5. The first-order valence-corrected chi connectivity index (χ1v) is 12.4. The molecule has 3 heterocycles. The lowest BCUT2D eigenvalue weighted by Crippen LogP contribution is -2.32. The van der Waals surface area contributed by atoms with Gasteiger partial charge in [0.25, 0.3) is 0 Å². The summed E-state index contributed by atoms with van der Waals surface area (Å²) >= 11 is 1.46. The molecule has 1 atom stereocenters. The summed E-state index contributed by atoms with van der Waals surface area (Å²) in [5, 5.41) is 9.62. The molecule has 0 aliphatic carbocycles. The van der Waals surface area contributed by atoms with Gasteiger partial charge in [0.15, 0.2) is 22.5 Å². The van der Waals surface area contributed by atoms with Crippen molar-refractivity contribution < 1.29 is 14.3 Å². The van der Waals surface area contributed by atoms with E-state index in [9.17, 15) is 4.79 Å². The van der Waals surface area contributed by atoms with Gasteiger partial charge >= 0.3 is 0 Å². The second-order valence-electron chi connectivity index (χ2n) is 8.30. The van der Waals surface area contributed by atoms with E-state index in [4.69, 9.17) is 9.47 Å². The molecule has 0 saturated carbocycles. The first-order chi connectivity index (χ1) is 16.2. The summed E-state index contributed by atoms with van der Waals surface area (Å²) in [5.41, 5.74) is 3.34. The van der Waals surface area contributed by atoms with Crippen molar-refractivity contribution in [1.82, 2.24) is 19.7 Å². The van der Waals surface area contributed by atoms with E-state index in [1.807, 2.05) is 29.2 Å². The van der Waals surface area contributed by atoms with Crippen LogP contribution in [0.15, 0.2) is 47.6 Å². The molecule has 172 valence electrons. The number of thioether (sulfide) groups is 1. The molecule has 3 aromatic rings. The number of carbonyl (C=O) groups is 1. The summed E-state index contributed by atoms with van der Waals surface area (Å²) in [6.45, 7) is 6.81. The molecule has 1 amide bonds. The summed E-state index contributed by atoms with van der Waals surface area (Å²) in [6, 6.07) is 14.3. The molecule has 1 saturated heterocycles. The zero-order valence-electron chi connectivity index (χ0n) is 19.0. The number of hydrogen-bond acceptors (Lipinski definition) is 6. The highest BCUT2D eigenvalue weighted by Gasteiger charge is 2.31. The summed E-state index contributed by atoms with van der Waals surface area (Å²) in [7, 11) is 0. The van der Waals surface area contributed by atoms with E-state index in [0.29, 0.717) is 19.0 Å². The fourth-order valence-corrected chi connectivity index (χ4v) is 5.48. The topological polar surface area (TPSA) is 69.5 Å². The molecule has 0 unspecified atom stereocenters. The van der Waals surface area contributed by atoms with Crippen LogP contribution >= 0.6 is 11.8 Å². The van der Waals surface area contributed by atoms with Crippen molar-refractivity contribution in [2.75, 3.05) is 25.5 Å². The number of aromatic nitrogens is 3. The number of rotatable bonds is 6. The van der Waals surface area contributed by atoms with E-state index in [1.54, 1.807) is 0 Å². The molecule has 0 spiro atoms.